The highest BCUT2D eigenvalue weighted by Gasteiger charge is 2.19. The van der Waals surface area contributed by atoms with Crippen LogP contribution in [0.3, 0.4) is 0 Å². The van der Waals surface area contributed by atoms with Crippen LogP contribution in [0.5, 0.6) is 0 Å². The SMILES string of the molecule is CCn1c(CC2CCSC2)nc2cccnc21. The number of nitrogens with zero attached hydrogens (tertiary/aromatic N) is 3. The fourth-order valence-corrected chi connectivity index (χ4v) is 3.78. The van der Waals surface area contributed by atoms with E-state index in [2.05, 4.69) is 34.3 Å². The van der Waals surface area contributed by atoms with Gasteiger partial charge in [0.15, 0.2) is 5.65 Å². The van der Waals surface area contributed by atoms with Crippen LogP contribution in [0.15, 0.2) is 18.3 Å². The summed E-state index contributed by atoms with van der Waals surface area (Å²) in [6.07, 6.45) is 4.30. The minimum absolute atomic E-state index is 0.808. The molecule has 0 aliphatic carbocycles. The molecule has 1 saturated heterocycles. The molecule has 2 aromatic heterocycles. The van der Waals surface area contributed by atoms with Gasteiger partial charge in [0.05, 0.1) is 0 Å². The summed E-state index contributed by atoms with van der Waals surface area (Å²) in [7, 11) is 0. The number of hydrogen-bond donors (Lipinski definition) is 0. The number of fused-ring (bicyclic) bond motifs is 1. The Morgan fingerprint density at radius 3 is 3.24 bits per heavy atom. The molecule has 0 amide bonds. The molecule has 1 fully saturated rings. The van der Waals surface area contributed by atoms with E-state index in [-0.39, 0.29) is 0 Å². The number of pyridine rings is 1. The first kappa shape index (κ1) is 11.1. The van der Waals surface area contributed by atoms with E-state index < -0.39 is 0 Å². The highest BCUT2D eigenvalue weighted by atomic mass is 32.2. The Balaban J connectivity index is 1.96. The van der Waals surface area contributed by atoms with Crippen LogP contribution in [-0.4, -0.2) is 26.0 Å². The Bertz CT molecular complexity index is 514. The van der Waals surface area contributed by atoms with E-state index in [0.717, 1.165) is 30.0 Å². The van der Waals surface area contributed by atoms with Gasteiger partial charge in [-0.3, -0.25) is 0 Å². The highest BCUT2D eigenvalue weighted by Crippen LogP contribution is 2.27. The highest BCUT2D eigenvalue weighted by molar-refractivity contribution is 7.99. The number of aromatic nitrogens is 3. The molecule has 0 spiro atoms. The van der Waals surface area contributed by atoms with E-state index in [1.54, 1.807) is 0 Å². The Hall–Kier alpha value is -1.03. The molecule has 1 aliphatic rings. The second kappa shape index (κ2) is 4.69. The van der Waals surface area contributed by atoms with Gasteiger partial charge in [0.25, 0.3) is 0 Å². The summed E-state index contributed by atoms with van der Waals surface area (Å²) in [5.74, 6) is 4.63. The summed E-state index contributed by atoms with van der Waals surface area (Å²) in [6, 6.07) is 4.02. The second-order valence-electron chi connectivity index (χ2n) is 4.55. The summed E-state index contributed by atoms with van der Waals surface area (Å²) < 4.78 is 2.26. The van der Waals surface area contributed by atoms with Gasteiger partial charge >= 0.3 is 0 Å². The van der Waals surface area contributed by atoms with Crippen molar-refractivity contribution in [1.82, 2.24) is 14.5 Å². The lowest BCUT2D eigenvalue weighted by Gasteiger charge is -2.09. The fraction of sp³-hybridized carbons (Fsp3) is 0.538. The number of thioether (sulfide) groups is 1. The minimum atomic E-state index is 0.808. The average Bonchev–Trinajstić information content (AvgIpc) is 2.96. The largest absolute Gasteiger partial charge is 0.313 e. The van der Waals surface area contributed by atoms with Crippen molar-refractivity contribution in [2.24, 2.45) is 5.92 Å². The summed E-state index contributed by atoms with van der Waals surface area (Å²) in [5, 5.41) is 0. The van der Waals surface area contributed by atoms with Crippen LogP contribution in [0.2, 0.25) is 0 Å². The van der Waals surface area contributed by atoms with Crippen LogP contribution in [0.25, 0.3) is 11.2 Å². The quantitative estimate of drug-likeness (QED) is 0.835. The molecule has 0 aromatic carbocycles. The van der Waals surface area contributed by atoms with Crippen LogP contribution in [0, 0.1) is 5.92 Å². The maximum absolute atomic E-state index is 4.74. The van der Waals surface area contributed by atoms with Crippen LogP contribution in [0.4, 0.5) is 0 Å². The predicted molar refractivity (Wildman–Crippen MR) is 72.3 cm³/mol. The first-order valence-corrected chi connectivity index (χ1v) is 7.42. The van der Waals surface area contributed by atoms with Crippen molar-refractivity contribution in [2.75, 3.05) is 11.5 Å². The number of imidazole rings is 1. The molecule has 2 aromatic rings. The summed E-state index contributed by atoms with van der Waals surface area (Å²) in [5.41, 5.74) is 2.07. The van der Waals surface area contributed by atoms with Crippen molar-refractivity contribution in [3.8, 4) is 0 Å². The zero-order valence-corrected chi connectivity index (χ0v) is 10.9. The maximum Gasteiger partial charge on any atom is 0.159 e. The van der Waals surface area contributed by atoms with Gasteiger partial charge < -0.3 is 4.57 Å². The zero-order chi connectivity index (χ0) is 11.7. The molecule has 0 bridgehead atoms. The lowest BCUT2D eigenvalue weighted by atomic mass is 10.1. The predicted octanol–water partition coefficient (Wildman–Crippen LogP) is 2.75. The van der Waals surface area contributed by atoms with Crippen molar-refractivity contribution in [1.29, 1.82) is 0 Å². The van der Waals surface area contributed by atoms with E-state index >= 15 is 0 Å². The molecule has 0 radical (unpaired) electrons. The van der Waals surface area contributed by atoms with Crippen molar-refractivity contribution in [3.05, 3.63) is 24.2 Å². The second-order valence-corrected chi connectivity index (χ2v) is 5.70. The standard InChI is InChI=1S/C13H17N3S/c1-2-16-12(8-10-5-7-17-9-10)15-11-4-3-6-14-13(11)16/h3-4,6,10H,2,5,7-9H2,1H3. The third kappa shape index (κ3) is 2.06. The molecular weight excluding hydrogens is 230 g/mol. The van der Waals surface area contributed by atoms with Crippen molar-refractivity contribution >= 4 is 22.9 Å². The number of rotatable bonds is 3. The van der Waals surface area contributed by atoms with Crippen LogP contribution in [-0.2, 0) is 13.0 Å². The molecule has 0 N–H and O–H groups in total. The first-order chi connectivity index (χ1) is 8.38. The third-order valence-corrected chi connectivity index (χ3v) is 4.63. The fourth-order valence-electron chi connectivity index (χ4n) is 2.50. The van der Waals surface area contributed by atoms with Gasteiger partial charge in [0, 0.05) is 19.2 Å². The van der Waals surface area contributed by atoms with Gasteiger partial charge in [0.2, 0.25) is 0 Å². The van der Waals surface area contributed by atoms with E-state index in [1.807, 2.05) is 12.3 Å². The van der Waals surface area contributed by atoms with Gasteiger partial charge in [-0.05, 0) is 42.9 Å². The van der Waals surface area contributed by atoms with Gasteiger partial charge in [-0.25, -0.2) is 9.97 Å². The summed E-state index contributed by atoms with van der Waals surface area (Å²) in [6.45, 7) is 3.13. The molecule has 90 valence electrons. The monoisotopic (exact) mass is 247 g/mol. The van der Waals surface area contributed by atoms with E-state index in [9.17, 15) is 0 Å². The molecule has 1 atom stereocenters. The van der Waals surface area contributed by atoms with Crippen LogP contribution < -0.4 is 0 Å². The maximum atomic E-state index is 4.74. The number of aryl methyl sites for hydroxylation is 1. The van der Waals surface area contributed by atoms with Gasteiger partial charge in [-0.2, -0.15) is 11.8 Å². The number of hydrogen-bond acceptors (Lipinski definition) is 3. The van der Waals surface area contributed by atoms with Crippen LogP contribution in [0.1, 0.15) is 19.2 Å². The topological polar surface area (TPSA) is 30.7 Å². The van der Waals surface area contributed by atoms with E-state index in [0.29, 0.717) is 0 Å². The third-order valence-electron chi connectivity index (χ3n) is 3.39. The van der Waals surface area contributed by atoms with Crippen molar-refractivity contribution < 1.29 is 0 Å². The molecule has 1 aliphatic heterocycles. The molecule has 17 heavy (non-hydrogen) atoms. The van der Waals surface area contributed by atoms with Crippen molar-refractivity contribution in [3.63, 3.8) is 0 Å². The molecule has 3 nitrogen and oxygen atoms in total. The summed E-state index contributed by atoms with van der Waals surface area (Å²) in [4.78, 5) is 9.18. The van der Waals surface area contributed by atoms with Gasteiger partial charge in [0.1, 0.15) is 11.3 Å². The molecule has 0 saturated carbocycles. The Kier molecular flexibility index (Phi) is 3.05. The molecule has 3 heterocycles. The molecule has 3 rings (SSSR count). The molecule has 4 heteroatoms. The normalized spacial score (nSPS) is 20.2. The smallest absolute Gasteiger partial charge is 0.159 e. The van der Waals surface area contributed by atoms with Crippen LogP contribution >= 0.6 is 11.8 Å². The average molecular weight is 247 g/mol. The zero-order valence-electron chi connectivity index (χ0n) is 10.1. The van der Waals surface area contributed by atoms with E-state index in [4.69, 9.17) is 4.98 Å². The molecular formula is C13H17N3S. The Morgan fingerprint density at radius 2 is 2.47 bits per heavy atom. The van der Waals surface area contributed by atoms with Crippen molar-refractivity contribution in [2.45, 2.75) is 26.3 Å². The lowest BCUT2D eigenvalue weighted by Crippen LogP contribution is -2.09. The van der Waals surface area contributed by atoms with Gasteiger partial charge in [-0.1, -0.05) is 0 Å². The Labute approximate surface area is 106 Å². The summed E-state index contributed by atoms with van der Waals surface area (Å²) >= 11 is 2.07. The Morgan fingerprint density at radius 1 is 1.53 bits per heavy atom. The molecule has 1 unspecified atom stereocenters. The first-order valence-electron chi connectivity index (χ1n) is 6.26. The van der Waals surface area contributed by atoms with Gasteiger partial charge in [-0.15, -0.1) is 0 Å². The van der Waals surface area contributed by atoms with E-state index in [1.165, 1.54) is 23.8 Å². The minimum Gasteiger partial charge on any atom is -0.313 e. The lowest BCUT2D eigenvalue weighted by molar-refractivity contribution is 0.554.